The molecule has 5 aromatic rings. The number of methoxy groups -OCH3 is 2. The molecule has 4 aromatic carbocycles. The normalized spacial score (nSPS) is 11.3. The van der Waals surface area contributed by atoms with Crippen molar-refractivity contribution in [3.63, 3.8) is 0 Å². The third-order valence-corrected chi connectivity index (χ3v) is 7.94. The van der Waals surface area contributed by atoms with Crippen LogP contribution in [-0.2, 0) is 4.79 Å². The number of ether oxygens (including phenoxy) is 3. The second kappa shape index (κ2) is 13.9. The van der Waals surface area contributed by atoms with Gasteiger partial charge in [0.05, 0.1) is 31.3 Å². The third kappa shape index (κ3) is 6.94. The summed E-state index contributed by atoms with van der Waals surface area (Å²) < 4.78 is 32.2. The number of halogens is 2. The van der Waals surface area contributed by atoms with Gasteiger partial charge in [-0.2, -0.15) is 9.78 Å². The van der Waals surface area contributed by atoms with Gasteiger partial charge in [-0.05, 0) is 94.5 Å². The summed E-state index contributed by atoms with van der Waals surface area (Å²) in [6, 6.07) is 20.0. The van der Waals surface area contributed by atoms with Crippen LogP contribution >= 0.6 is 15.9 Å². The van der Waals surface area contributed by atoms with Gasteiger partial charge in [-0.15, -0.1) is 0 Å². The van der Waals surface area contributed by atoms with Crippen molar-refractivity contribution in [2.45, 2.75) is 26.7 Å². The van der Waals surface area contributed by atoms with Crippen molar-refractivity contribution >= 4 is 44.6 Å². The van der Waals surface area contributed by atoms with Gasteiger partial charge in [0, 0.05) is 21.3 Å². The van der Waals surface area contributed by atoms with E-state index < -0.39 is 11.7 Å². The van der Waals surface area contributed by atoms with E-state index in [0.717, 1.165) is 22.4 Å². The van der Waals surface area contributed by atoms with E-state index in [1.165, 1.54) is 36.2 Å². The van der Waals surface area contributed by atoms with Gasteiger partial charge in [0.2, 0.25) is 0 Å². The fraction of sp³-hybridized carbons (Fsp3) is 0.200. The first kappa shape index (κ1) is 32.4. The van der Waals surface area contributed by atoms with Gasteiger partial charge in [0.25, 0.3) is 11.5 Å². The molecule has 1 heterocycles. The molecule has 0 aliphatic rings. The average molecular weight is 688 g/mol. The maximum absolute atomic E-state index is 13.8. The Morgan fingerprint density at radius 3 is 2.50 bits per heavy atom. The molecule has 1 N–H and O–H groups in total. The summed E-state index contributed by atoms with van der Waals surface area (Å²) >= 11 is 3.54. The van der Waals surface area contributed by atoms with Crippen LogP contribution in [0.3, 0.4) is 0 Å². The highest BCUT2D eigenvalue weighted by atomic mass is 79.9. The Morgan fingerprint density at radius 2 is 1.78 bits per heavy atom. The quantitative estimate of drug-likeness (QED) is 0.155. The van der Waals surface area contributed by atoms with Gasteiger partial charge in [0.1, 0.15) is 11.6 Å². The van der Waals surface area contributed by atoms with Gasteiger partial charge in [-0.25, -0.2) is 9.37 Å². The monoisotopic (exact) mass is 686 g/mol. The van der Waals surface area contributed by atoms with Crippen LogP contribution in [0.1, 0.15) is 36.5 Å². The molecule has 0 unspecified atom stereocenters. The molecule has 9 nitrogen and oxygen atoms in total. The first-order valence-electron chi connectivity index (χ1n) is 14.4. The highest BCUT2D eigenvalue weighted by molar-refractivity contribution is 9.10. The number of carbonyl (C=O) groups excluding carboxylic acids is 1. The molecule has 0 bridgehead atoms. The van der Waals surface area contributed by atoms with Gasteiger partial charge >= 0.3 is 0 Å². The van der Waals surface area contributed by atoms with Gasteiger partial charge in [0.15, 0.2) is 23.9 Å². The Morgan fingerprint density at radius 1 is 1.02 bits per heavy atom. The molecule has 5 rings (SSSR count). The number of nitrogens with one attached hydrogen (secondary N) is 1. The number of hydrogen-bond donors (Lipinski definition) is 1. The third-order valence-electron chi connectivity index (χ3n) is 7.26. The minimum absolute atomic E-state index is 0.162. The average Bonchev–Trinajstić information content (AvgIpc) is 3.03. The molecule has 1 amide bonds. The predicted octanol–water partition coefficient (Wildman–Crippen LogP) is 7.31. The van der Waals surface area contributed by atoms with Crippen molar-refractivity contribution in [2.75, 3.05) is 26.1 Å². The molecule has 0 aliphatic heterocycles. The van der Waals surface area contributed by atoms with Crippen LogP contribution in [-0.4, -0.2) is 42.6 Å². The van der Waals surface area contributed by atoms with Crippen LogP contribution in [0.15, 0.2) is 87.2 Å². The lowest BCUT2D eigenvalue weighted by molar-refractivity contribution is -0.118. The molecular weight excluding hydrogens is 655 g/mol. The fourth-order valence-electron chi connectivity index (χ4n) is 4.92. The molecule has 11 heteroatoms. The maximum atomic E-state index is 13.8. The number of nitrogens with zero attached hydrogens (tertiary/aromatic N) is 3. The molecule has 0 spiro atoms. The molecule has 0 aliphatic carbocycles. The molecule has 1 aromatic heterocycles. The van der Waals surface area contributed by atoms with E-state index in [0.29, 0.717) is 43.9 Å². The Kier molecular flexibility index (Phi) is 9.81. The number of rotatable bonds is 10. The lowest BCUT2D eigenvalue weighted by Gasteiger charge is -2.17. The summed E-state index contributed by atoms with van der Waals surface area (Å²) in [6.07, 6.45) is 1.52. The van der Waals surface area contributed by atoms with E-state index in [2.05, 4.69) is 40.2 Å². The summed E-state index contributed by atoms with van der Waals surface area (Å²) in [5, 5.41) is 7.63. The fourth-order valence-corrected chi connectivity index (χ4v) is 5.35. The van der Waals surface area contributed by atoms with E-state index in [4.69, 9.17) is 19.2 Å². The molecule has 0 fully saturated rings. The second-order valence-electron chi connectivity index (χ2n) is 10.7. The first-order valence-corrected chi connectivity index (χ1v) is 15.2. The lowest BCUT2D eigenvalue weighted by Crippen LogP contribution is -2.21. The number of aryl methyl sites for hydroxylation is 1. The topological polar surface area (TPSA) is 104 Å². The zero-order chi connectivity index (χ0) is 33.0. The standard InChI is InChI=1S/C35H32BrFN4O5/c1-20(2)26-16-27(21(3)13-30(26)44-4)34-40-29-12-7-6-11-25(29)35(43)41(34)38-18-22-14-31(45-5)32(17-28(22)36)46-19-33(42)39-24-10-8-9-23(37)15-24/h6-18,20H,19H2,1-5H3,(H,39,42). The van der Waals surface area contributed by atoms with Crippen LogP contribution in [0.25, 0.3) is 22.3 Å². The second-order valence-corrected chi connectivity index (χ2v) is 11.6. The van der Waals surface area contributed by atoms with Crippen LogP contribution in [0.2, 0.25) is 0 Å². The van der Waals surface area contributed by atoms with E-state index in [-0.39, 0.29) is 18.1 Å². The molecule has 236 valence electrons. The maximum Gasteiger partial charge on any atom is 0.282 e. The van der Waals surface area contributed by atoms with Gasteiger partial charge in [-0.1, -0.05) is 32.0 Å². The smallest absolute Gasteiger partial charge is 0.282 e. The highest BCUT2D eigenvalue weighted by Gasteiger charge is 2.19. The number of carbonyl (C=O) groups is 1. The van der Waals surface area contributed by atoms with Crippen LogP contribution in [0.4, 0.5) is 10.1 Å². The number of para-hydroxylation sites is 1. The number of amides is 1. The lowest BCUT2D eigenvalue weighted by atomic mass is 9.96. The van der Waals surface area contributed by atoms with E-state index in [1.54, 1.807) is 43.5 Å². The largest absolute Gasteiger partial charge is 0.496 e. The zero-order valence-corrected chi connectivity index (χ0v) is 27.5. The Balaban J connectivity index is 1.51. The predicted molar refractivity (Wildman–Crippen MR) is 181 cm³/mol. The summed E-state index contributed by atoms with van der Waals surface area (Å²) in [5.41, 5.74) is 3.73. The van der Waals surface area contributed by atoms with E-state index in [1.807, 2.05) is 25.1 Å². The van der Waals surface area contributed by atoms with E-state index >= 15 is 0 Å². The summed E-state index contributed by atoms with van der Waals surface area (Å²) in [4.78, 5) is 31.1. The Bertz CT molecular complexity index is 2030. The molecule has 0 atom stereocenters. The zero-order valence-electron chi connectivity index (χ0n) is 25.9. The summed E-state index contributed by atoms with van der Waals surface area (Å²) in [5.74, 6) is 0.999. The van der Waals surface area contributed by atoms with Crippen molar-refractivity contribution < 1.29 is 23.4 Å². The summed E-state index contributed by atoms with van der Waals surface area (Å²) in [7, 11) is 3.11. The van der Waals surface area contributed by atoms with Crippen molar-refractivity contribution in [3.8, 4) is 28.6 Å². The summed E-state index contributed by atoms with van der Waals surface area (Å²) in [6.45, 7) is 5.75. The van der Waals surface area contributed by atoms with Crippen molar-refractivity contribution in [2.24, 2.45) is 5.10 Å². The van der Waals surface area contributed by atoms with E-state index in [9.17, 15) is 14.0 Å². The Labute approximate surface area is 273 Å². The Hall–Kier alpha value is -5.03. The van der Waals surface area contributed by atoms with Crippen molar-refractivity contribution in [1.29, 1.82) is 0 Å². The molecule has 0 radical (unpaired) electrons. The number of aromatic nitrogens is 2. The van der Waals surface area contributed by atoms with Crippen molar-refractivity contribution in [1.82, 2.24) is 9.66 Å². The molecule has 46 heavy (non-hydrogen) atoms. The number of benzene rings is 4. The van der Waals surface area contributed by atoms with Gasteiger partial charge in [-0.3, -0.25) is 9.59 Å². The number of fused-ring (bicyclic) bond motifs is 1. The van der Waals surface area contributed by atoms with Crippen LogP contribution in [0.5, 0.6) is 17.2 Å². The van der Waals surface area contributed by atoms with Crippen LogP contribution in [0, 0.1) is 12.7 Å². The first-order chi connectivity index (χ1) is 22.1. The minimum Gasteiger partial charge on any atom is -0.496 e. The number of anilines is 1. The van der Waals surface area contributed by atoms with Gasteiger partial charge < -0.3 is 19.5 Å². The molecule has 0 saturated heterocycles. The van der Waals surface area contributed by atoms with Crippen molar-refractivity contribution in [3.05, 3.63) is 110 Å². The van der Waals surface area contributed by atoms with Crippen LogP contribution < -0.4 is 25.1 Å². The number of hydrogen-bond acceptors (Lipinski definition) is 7. The highest BCUT2D eigenvalue weighted by Crippen LogP contribution is 2.35. The molecular formula is C35H32BrFN4O5. The minimum atomic E-state index is -0.473. The molecule has 0 saturated carbocycles. The SMILES string of the molecule is COc1cc(C=Nn2c(-c3cc(C(C)C)c(OC)cc3C)nc3ccccc3c2=O)c(Br)cc1OCC(=O)Nc1cccc(F)c1.